The molecule has 0 unspecified atom stereocenters. The minimum atomic E-state index is -0.690. The van der Waals surface area contributed by atoms with Crippen LogP contribution < -0.4 is 5.32 Å². The number of piperidine rings is 1. The molecule has 27 heavy (non-hydrogen) atoms. The summed E-state index contributed by atoms with van der Waals surface area (Å²) in [5.74, 6) is -1.21. The third-order valence-electron chi connectivity index (χ3n) is 5.19. The summed E-state index contributed by atoms with van der Waals surface area (Å²) in [5, 5.41) is 13.0. The van der Waals surface area contributed by atoms with Crippen molar-refractivity contribution in [1.29, 1.82) is 0 Å². The number of aromatic hydroxyl groups is 1. The normalized spacial score (nSPS) is 19.1. The zero-order chi connectivity index (χ0) is 19.4. The number of carbonyl (C=O) groups is 3. The summed E-state index contributed by atoms with van der Waals surface area (Å²) in [4.78, 5) is 37.5. The van der Waals surface area contributed by atoms with Crippen molar-refractivity contribution in [2.45, 2.75) is 51.5 Å². The average molecular weight is 374 g/mol. The Morgan fingerprint density at radius 1 is 1.19 bits per heavy atom. The fourth-order valence-electron chi connectivity index (χ4n) is 3.84. The minimum Gasteiger partial charge on any atom is -0.507 e. The van der Waals surface area contributed by atoms with Crippen LogP contribution in [-0.2, 0) is 27.2 Å². The van der Waals surface area contributed by atoms with Gasteiger partial charge in [0, 0.05) is 26.1 Å². The van der Waals surface area contributed by atoms with Gasteiger partial charge in [-0.05, 0) is 61.8 Å². The Kier molecular flexibility index (Phi) is 5.98. The molecule has 1 saturated heterocycles. The number of nitrogens with zero attached hydrogens (tertiary/aromatic N) is 1. The number of hydrogen-bond acceptors (Lipinski definition) is 5. The SMILES string of the molecule is CC(=O)N[C@H]1CCCN(C(=O)COC(=O)c2cc3c(cc2O)CCCC3)C1. The van der Waals surface area contributed by atoms with Crippen molar-refractivity contribution in [3.63, 3.8) is 0 Å². The van der Waals surface area contributed by atoms with Crippen LogP contribution in [0.2, 0.25) is 0 Å². The number of amides is 2. The van der Waals surface area contributed by atoms with Crippen LogP contribution in [0.3, 0.4) is 0 Å². The first kappa shape index (κ1) is 19.2. The molecule has 1 aromatic carbocycles. The molecule has 1 aromatic rings. The third kappa shape index (κ3) is 4.78. The number of fused-ring (bicyclic) bond motifs is 1. The highest BCUT2D eigenvalue weighted by Crippen LogP contribution is 2.29. The van der Waals surface area contributed by atoms with E-state index >= 15 is 0 Å². The lowest BCUT2D eigenvalue weighted by molar-refractivity contribution is -0.136. The van der Waals surface area contributed by atoms with Crippen molar-refractivity contribution in [2.24, 2.45) is 0 Å². The Hall–Kier alpha value is -2.57. The van der Waals surface area contributed by atoms with Gasteiger partial charge in [0.2, 0.25) is 5.91 Å². The van der Waals surface area contributed by atoms with E-state index in [1.807, 2.05) is 0 Å². The summed E-state index contributed by atoms with van der Waals surface area (Å²) in [6.45, 7) is 2.08. The van der Waals surface area contributed by atoms with Crippen LogP contribution in [0.25, 0.3) is 0 Å². The molecular weight excluding hydrogens is 348 g/mol. The standard InChI is InChI=1S/C20H26N2O5/c1-13(23)21-16-7-4-8-22(11-16)19(25)12-27-20(26)17-9-14-5-2-3-6-15(14)10-18(17)24/h9-10,16,24H,2-8,11-12H2,1H3,(H,21,23)/t16-/m0/s1. The molecule has 1 heterocycles. The van der Waals surface area contributed by atoms with Gasteiger partial charge in [-0.1, -0.05) is 0 Å². The second kappa shape index (κ2) is 8.41. The molecule has 7 nitrogen and oxygen atoms in total. The molecule has 2 N–H and O–H groups in total. The molecule has 0 aromatic heterocycles. The second-order valence-electron chi connectivity index (χ2n) is 7.30. The molecule has 1 atom stereocenters. The lowest BCUT2D eigenvalue weighted by Crippen LogP contribution is -2.50. The third-order valence-corrected chi connectivity index (χ3v) is 5.19. The van der Waals surface area contributed by atoms with Crippen LogP contribution in [0.15, 0.2) is 12.1 Å². The summed E-state index contributed by atoms with van der Waals surface area (Å²) in [6.07, 6.45) is 5.55. The number of benzene rings is 1. The van der Waals surface area contributed by atoms with Gasteiger partial charge in [-0.3, -0.25) is 9.59 Å². The van der Waals surface area contributed by atoms with Gasteiger partial charge >= 0.3 is 5.97 Å². The van der Waals surface area contributed by atoms with Crippen molar-refractivity contribution < 1.29 is 24.2 Å². The van der Waals surface area contributed by atoms with E-state index < -0.39 is 5.97 Å². The van der Waals surface area contributed by atoms with Crippen molar-refractivity contribution in [1.82, 2.24) is 10.2 Å². The average Bonchev–Trinajstić information content (AvgIpc) is 2.65. The van der Waals surface area contributed by atoms with Crippen LogP contribution in [0.4, 0.5) is 0 Å². The van der Waals surface area contributed by atoms with E-state index in [9.17, 15) is 19.5 Å². The summed E-state index contributed by atoms with van der Waals surface area (Å²) in [6, 6.07) is 3.25. The lowest BCUT2D eigenvalue weighted by atomic mass is 9.90. The van der Waals surface area contributed by atoms with Gasteiger partial charge in [0.15, 0.2) is 6.61 Å². The van der Waals surface area contributed by atoms with Crippen LogP contribution in [-0.4, -0.2) is 53.5 Å². The summed E-state index contributed by atoms with van der Waals surface area (Å²) >= 11 is 0. The smallest absolute Gasteiger partial charge is 0.342 e. The number of aryl methyl sites for hydroxylation is 2. The molecule has 2 amide bonds. The van der Waals surface area contributed by atoms with Crippen molar-refractivity contribution >= 4 is 17.8 Å². The maximum absolute atomic E-state index is 12.4. The number of phenols is 1. The number of carbonyl (C=O) groups excluding carboxylic acids is 3. The van der Waals surface area contributed by atoms with Gasteiger partial charge < -0.3 is 20.1 Å². The number of rotatable bonds is 4. The Morgan fingerprint density at radius 3 is 2.59 bits per heavy atom. The molecule has 146 valence electrons. The molecule has 1 aliphatic carbocycles. The van der Waals surface area contributed by atoms with E-state index in [1.165, 1.54) is 6.92 Å². The highest BCUT2D eigenvalue weighted by atomic mass is 16.5. The van der Waals surface area contributed by atoms with Gasteiger partial charge in [-0.15, -0.1) is 0 Å². The molecule has 3 rings (SSSR count). The van der Waals surface area contributed by atoms with E-state index in [1.54, 1.807) is 17.0 Å². The monoisotopic (exact) mass is 374 g/mol. The Bertz CT molecular complexity index is 746. The maximum Gasteiger partial charge on any atom is 0.342 e. The number of likely N-dealkylation sites (tertiary alicyclic amines) is 1. The topological polar surface area (TPSA) is 95.9 Å². The second-order valence-corrected chi connectivity index (χ2v) is 7.30. The fourth-order valence-corrected chi connectivity index (χ4v) is 3.84. The number of nitrogens with one attached hydrogen (secondary N) is 1. The summed E-state index contributed by atoms with van der Waals surface area (Å²) in [5.41, 5.74) is 2.24. The lowest BCUT2D eigenvalue weighted by Gasteiger charge is -2.32. The molecule has 1 fully saturated rings. The molecule has 7 heteroatoms. The first-order valence-electron chi connectivity index (χ1n) is 9.51. The van der Waals surface area contributed by atoms with Gasteiger partial charge in [-0.25, -0.2) is 4.79 Å². The molecule has 0 bridgehead atoms. The van der Waals surface area contributed by atoms with E-state index in [4.69, 9.17) is 4.74 Å². The molecule has 2 aliphatic rings. The number of ether oxygens (including phenoxy) is 1. The number of phenolic OH excluding ortho intramolecular Hbond substituents is 1. The van der Waals surface area contributed by atoms with Crippen molar-refractivity contribution in [2.75, 3.05) is 19.7 Å². The van der Waals surface area contributed by atoms with E-state index in [2.05, 4.69) is 5.32 Å². The van der Waals surface area contributed by atoms with E-state index in [-0.39, 0.29) is 35.8 Å². The van der Waals surface area contributed by atoms with Crippen molar-refractivity contribution in [3.05, 3.63) is 28.8 Å². The van der Waals surface area contributed by atoms with E-state index in [0.29, 0.717) is 13.1 Å². The zero-order valence-electron chi connectivity index (χ0n) is 15.6. The minimum absolute atomic E-state index is 0.0689. The van der Waals surface area contributed by atoms with E-state index in [0.717, 1.165) is 49.7 Å². The van der Waals surface area contributed by atoms with Gasteiger partial charge in [0.25, 0.3) is 5.91 Å². The largest absolute Gasteiger partial charge is 0.507 e. The Labute approximate surface area is 158 Å². The van der Waals surface area contributed by atoms with Crippen molar-refractivity contribution in [3.8, 4) is 5.75 Å². The van der Waals surface area contributed by atoms with Gasteiger partial charge in [-0.2, -0.15) is 0 Å². The van der Waals surface area contributed by atoms with Crippen LogP contribution in [0.1, 0.15) is 54.1 Å². The molecule has 0 radical (unpaired) electrons. The molecule has 0 spiro atoms. The predicted molar refractivity (Wildman–Crippen MR) is 98.5 cm³/mol. The summed E-state index contributed by atoms with van der Waals surface area (Å²) < 4.78 is 5.15. The zero-order valence-corrected chi connectivity index (χ0v) is 15.6. The van der Waals surface area contributed by atoms with Gasteiger partial charge in [0.1, 0.15) is 11.3 Å². The Balaban J connectivity index is 1.57. The van der Waals surface area contributed by atoms with Gasteiger partial charge in [0.05, 0.1) is 0 Å². The van der Waals surface area contributed by atoms with Crippen LogP contribution >= 0.6 is 0 Å². The quantitative estimate of drug-likeness (QED) is 0.780. The first-order chi connectivity index (χ1) is 12.9. The fraction of sp³-hybridized carbons (Fsp3) is 0.550. The highest BCUT2D eigenvalue weighted by molar-refractivity contribution is 5.94. The van der Waals surface area contributed by atoms with Crippen LogP contribution in [0, 0.1) is 0 Å². The summed E-state index contributed by atoms with van der Waals surface area (Å²) in [7, 11) is 0. The van der Waals surface area contributed by atoms with Crippen LogP contribution in [0.5, 0.6) is 5.75 Å². The number of esters is 1. The number of hydrogen-bond donors (Lipinski definition) is 2. The Morgan fingerprint density at radius 2 is 1.89 bits per heavy atom. The first-order valence-corrected chi connectivity index (χ1v) is 9.51. The molecular formula is C20H26N2O5. The molecule has 1 aliphatic heterocycles. The maximum atomic E-state index is 12.4. The highest BCUT2D eigenvalue weighted by Gasteiger charge is 2.25. The molecule has 0 saturated carbocycles. The predicted octanol–water partition coefficient (Wildman–Crippen LogP) is 1.55.